The van der Waals surface area contributed by atoms with Gasteiger partial charge in [-0.05, 0) is 36.2 Å². The second-order valence-electron chi connectivity index (χ2n) is 5.03. The fourth-order valence-electron chi connectivity index (χ4n) is 2.70. The van der Waals surface area contributed by atoms with E-state index in [9.17, 15) is 14.7 Å². The van der Waals surface area contributed by atoms with Crippen LogP contribution >= 0.6 is 0 Å². The van der Waals surface area contributed by atoms with Crippen LogP contribution in [-0.2, 0) is 6.54 Å². The summed E-state index contributed by atoms with van der Waals surface area (Å²) in [5, 5.41) is 9.23. The maximum Gasteiger partial charge on any atom is 0.336 e. The highest BCUT2D eigenvalue weighted by molar-refractivity contribution is 6.07. The van der Waals surface area contributed by atoms with E-state index in [0.717, 1.165) is 11.1 Å². The third-order valence-corrected chi connectivity index (χ3v) is 3.85. The van der Waals surface area contributed by atoms with E-state index in [0.29, 0.717) is 12.1 Å². The lowest BCUT2D eigenvalue weighted by atomic mass is 10.0. The number of carbonyl (C=O) groups excluding carboxylic acids is 1. The summed E-state index contributed by atoms with van der Waals surface area (Å²) in [6.45, 7) is 2.36. The fourth-order valence-corrected chi connectivity index (χ4v) is 2.70. The first-order valence-corrected chi connectivity index (χ1v) is 6.65. The number of nitrogens with zero attached hydrogens (tertiary/aromatic N) is 2. The molecule has 21 heavy (non-hydrogen) atoms. The molecule has 1 aromatic carbocycles. The van der Waals surface area contributed by atoms with Gasteiger partial charge in [0.25, 0.3) is 5.91 Å². The minimum atomic E-state index is -1.07. The summed E-state index contributed by atoms with van der Waals surface area (Å²) >= 11 is 0. The molecule has 5 heteroatoms. The number of carboxylic acid groups (broad SMARTS) is 1. The van der Waals surface area contributed by atoms with Crippen molar-refractivity contribution in [2.24, 2.45) is 0 Å². The summed E-state index contributed by atoms with van der Waals surface area (Å²) in [6.07, 6.45) is 3.37. The molecule has 1 aliphatic heterocycles. The van der Waals surface area contributed by atoms with Gasteiger partial charge in [-0.1, -0.05) is 12.1 Å². The van der Waals surface area contributed by atoms with Crippen molar-refractivity contribution in [3.8, 4) is 0 Å². The van der Waals surface area contributed by atoms with Crippen LogP contribution in [0.1, 0.15) is 44.8 Å². The maximum absolute atomic E-state index is 12.6. The zero-order valence-corrected chi connectivity index (χ0v) is 11.5. The van der Waals surface area contributed by atoms with Gasteiger partial charge in [0, 0.05) is 18.9 Å². The van der Waals surface area contributed by atoms with E-state index in [1.807, 2.05) is 19.1 Å². The number of benzene rings is 1. The zero-order chi connectivity index (χ0) is 15.0. The molecule has 0 spiro atoms. The molecule has 1 N–H and O–H groups in total. The van der Waals surface area contributed by atoms with Gasteiger partial charge in [0.1, 0.15) is 0 Å². The Bertz CT molecular complexity index is 713. The molecule has 1 aromatic heterocycles. The summed E-state index contributed by atoms with van der Waals surface area (Å²) in [5.41, 5.74) is 2.12. The zero-order valence-electron chi connectivity index (χ0n) is 11.5. The second kappa shape index (κ2) is 5.01. The summed E-state index contributed by atoms with van der Waals surface area (Å²) in [4.78, 5) is 29.5. The molecule has 0 radical (unpaired) electrons. The highest BCUT2D eigenvalue weighted by Crippen LogP contribution is 2.32. The lowest BCUT2D eigenvalue weighted by molar-refractivity contribution is 0.0668. The third-order valence-electron chi connectivity index (χ3n) is 3.85. The molecule has 0 saturated carbocycles. The fraction of sp³-hybridized carbons (Fsp3) is 0.188. The molecule has 1 atom stereocenters. The van der Waals surface area contributed by atoms with Crippen LogP contribution in [0.15, 0.2) is 42.7 Å². The van der Waals surface area contributed by atoms with E-state index in [-0.39, 0.29) is 17.5 Å². The Hall–Kier alpha value is -2.69. The van der Waals surface area contributed by atoms with Crippen molar-refractivity contribution >= 4 is 11.9 Å². The van der Waals surface area contributed by atoms with E-state index >= 15 is 0 Å². The van der Waals surface area contributed by atoms with Gasteiger partial charge in [-0.2, -0.15) is 0 Å². The quantitative estimate of drug-likeness (QED) is 0.939. The summed E-state index contributed by atoms with van der Waals surface area (Å²) in [7, 11) is 0. The van der Waals surface area contributed by atoms with Crippen LogP contribution in [0.4, 0.5) is 0 Å². The molecule has 2 aromatic rings. The van der Waals surface area contributed by atoms with Gasteiger partial charge >= 0.3 is 5.97 Å². The predicted molar refractivity (Wildman–Crippen MR) is 75.9 cm³/mol. The second-order valence-corrected chi connectivity index (χ2v) is 5.03. The summed E-state index contributed by atoms with van der Waals surface area (Å²) < 4.78 is 0. The van der Waals surface area contributed by atoms with Crippen molar-refractivity contribution in [2.75, 3.05) is 0 Å². The molecule has 0 unspecified atom stereocenters. The number of aromatic nitrogens is 1. The minimum absolute atomic E-state index is 0.0712. The van der Waals surface area contributed by atoms with Crippen LogP contribution in [-0.4, -0.2) is 26.9 Å². The molecule has 0 saturated heterocycles. The van der Waals surface area contributed by atoms with Crippen LogP contribution in [0, 0.1) is 0 Å². The number of hydrogen-bond acceptors (Lipinski definition) is 3. The van der Waals surface area contributed by atoms with Gasteiger partial charge in [0.05, 0.1) is 17.2 Å². The first-order chi connectivity index (χ1) is 10.1. The van der Waals surface area contributed by atoms with Gasteiger partial charge in [0.2, 0.25) is 0 Å². The molecule has 0 bridgehead atoms. The molecule has 106 valence electrons. The number of hydrogen-bond donors (Lipinski definition) is 1. The van der Waals surface area contributed by atoms with E-state index in [1.165, 1.54) is 6.07 Å². The molecule has 3 rings (SSSR count). The Morgan fingerprint density at radius 3 is 2.67 bits per heavy atom. The predicted octanol–water partition coefficient (Wildman–Crippen LogP) is 2.50. The van der Waals surface area contributed by atoms with Gasteiger partial charge < -0.3 is 10.0 Å². The maximum atomic E-state index is 12.6. The molecule has 1 aliphatic rings. The highest BCUT2D eigenvalue weighted by Gasteiger charge is 2.34. The molecule has 0 fully saturated rings. The van der Waals surface area contributed by atoms with Crippen molar-refractivity contribution in [2.45, 2.75) is 19.5 Å². The number of carbonyl (C=O) groups is 2. The Morgan fingerprint density at radius 1 is 1.29 bits per heavy atom. The number of pyridine rings is 1. The van der Waals surface area contributed by atoms with Crippen LogP contribution < -0.4 is 0 Å². The molecular weight excluding hydrogens is 268 g/mol. The summed E-state index contributed by atoms with van der Waals surface area (Å²) in [5.74, 6) is -1.30. The van der Waals surface area contributed by atoms with E-state index < -0.39 is 5.97 Å². The smallest absolute Gasteiger partial charge is 0.336 e. The minimum Gasteiger partial charge on any atom is -0.478 e. The Balaban J connectivity index is 1.98. The largest absolute Gasteiger partial charge is 0.478 e. The number of rotatable bonds is 3. The third kappa shape index (κ3) is 2.16. The van der Waals surface area contributed by atoms with Gasteiger partial charge in [0.15, 0.2) is 0 Å². The molecule has 0 aliphatic carbocycles. The van der Waals surface area contributed by atoms with E-state index in [2.05, 4.69) is 4.98 Å². The average molecular weight is 282 g/mol. The van der Waals surface area contributed by atoms with Crippen molar-refractivity contribution in [1.29, 1.82) is 0 Å². The lowest BCUT2D eigenvalue weighted by Crippen LogP contribution is -2.27. The number of carboxylic acids is 1. The molecule has 2 heterocycles. The van der Waals surface area contributed by atoms with Crippen LogP contribution in [0.3, 0.4) is 0 Å². The van der Waals surface area contributed by atoms with E-state index in [4.69, 9.17) is 0 Å². The van der Waals surface area contributed by atoms with E-state index in [1.54, 1.807) is 29.4 Å². The first kappa shape index (κ1) is 13.3. The number of aromatic carboxylic acids is 1. The topological polar surface area (TPSA) is 70.5 Å². The highest BCUT2D eigenvalue weighted by atomic mass is 16.4. The van der Waals surface area contributed by atoms with Crippen LogP contribution in [0.25, 0.3) is 0 Å². The molecule has 5 nitrogen and oxygen atoms in total. The Morgan fingerprint density at radius 2 is 2.00 bits per heavy atom. The van der Waals surface area contributed by atoms with Gasteiger partial charge in [-0.15, -0.1) is 0 Å². The Labute approximate surface area is 121 Å². The number of amides is 1. The molecular formula is C16H14N2O3. The number of fused-ring (bicyclic) bond motifs is 1. The van der Waals surface area contributed by atoms with Crippen molar-refractivity contribution < 1.29 is 14.7 Å². The summed E-state index contributed by atoms with van der Waals surface area (Å²) in [6, 6.07) is 8.54. The average Bonchev–Trinajstić information content (AvgIpc) is 2.84. The van der Waals surface area contributed by atoms with Crippen molar-refractivity contribution in [3.05, 3.63) is 65.0 Å². The standard InChI is InChI=1S/C16H14N2O3/c1-10(11-5-7-17-8-6-11)18-9-12-3-2-4-13(16(20)21)14(12)15(18)19/h2-8,10H,9H2,1H3,(H,20,21)/t10-/m0/s1. The van der Waals surface area contributed by atoms with Crippen LogP contribution in [0.5, 0.6) is 0 Å². The first-order valence-electron chi connectivity index (χ1n) is 6.65. The normalized spacial score (nSPS) is 14.9. The lowest BCUT2D eigenvalue weighted by Gasteiger charge is -2.24. The molecule has 1 amide bonds. The SMILES string of the molecule is C[C@@H](c1ccncc1)N1Cc2cccc(C(=O)O)c2C1=O. The monoisotopic (exact) mass is 282 g/mol. The van der Waals surface area contributed by atoms with Gasteiger partial charge in [-0.25, -0.2) is 4.79 Å². The van der Waals surface area contributed by atoms with Gasteiger partial charge in [-0.3, -0.25) is 9.78 Å². The van der Waals surface area contributed by atoms with Crippen molar-refractivity contribution in [3.63, 3.8) is 0 Å². The Kier molecular flexibility index (Phi) is 3.17. The van der Waals surface area contributed by atoms with Crippen molar-refractivity contribution in [1.82, 2.24) is 9.88 Å². The van der Waals surface area contributed by atoms with Crippen LogP contribution in [0.2, 0.25) is 0 Å².